The Morgan fingerprint density at radius 3 is 2.21 bits per heavy atom. The first kappa shape index (κ1) is 11.4. The molecule has 4 heteroatoms. The largest absolute Gasteiger partial charge is 0.193 e. The van der Waals surface area contributed by atoms with Crippen LogP contribution in [0.2, 0.25) is 10.0 Å². The van der Waals surface area contributed by atoms with E-state index in [4.69, 9.17) is 40.1 Å². The third kappa shape index (κ3) is 2.22. The number of halogens is 3. The molecule has 72 valence electrons. The van der Waals surface area contributed by atoms with Crippen molar-refractivity contribution >= 4 is 39.8 Å². The van der Waals surface area contributed by atoms with Gasteiger partial charge in [0.05, 0.1) is 21.1 Å². The first-order chi connectivity index (χ1) is 6.57. The van der Waals surface area contributed by atoms with Crippen molar-refractivity contribution in [2.24, 2.45) is 0 Å². The fourth-order valence-corrected chi connectivity index (χ4v) is 1.87. The summed E-state index contributed by atoms with van der Waals surface area (Å²) in [4.78, 5) is 0. The number of benzene rings is 1. The Labute approximate surface area is 97.5 Å². The Kier molecular flexibility index (Phi) is 3.83. The molecule has 0 saturated carbocycles. The Morgan fingerprint density at radius 1 is 1.29 bits per heavy atom. The topological polar surface area (TPSA) is 23.8 Å². The first-order valence-corrected chi connectivity index (χ1v) is 4.92. The van der Waals surface area contributed by atoms with E-state index in [0.717, 1.165) is 0 Å². The van der Waals surface area contributed by atoms with Crippen LogP contribution in [-0.4, -0.2) is 0 Å². The normalized spacial score (nSPS) is 11.9. The van der Waals surface area contributed by atoms with E-state index in [1.165, 1.54) is 0 Å². The highest BCUT2D eigenvalue weighted by molar-refractivity contribution is 6.53. The van der Waals surface area contributed by atoms with Gasteiger partial charge in [-0.05, 0) is 19.1 Å². The van der Waals surface area contributed by atoms with E-state index >= 15 is 0 Å². The van der Waals surface area contributed by atoms with Gasteiger partial charge in [0, 0.05) is 11.1 Å². The van der Waals surface area contributed by atoms with Crippen LogP contribution in [-0.2, 0) is 0 Å². The summed E-state index contributed by atoms with van der Waals surface area (Å²) in [6, 6.07) is 7.02. The van der Waals surface area contributed by atoms with Gasteiger partial charge in [-0.3, -0.25) is 0 Å². The Hall–Kier alpha value is -0.680. The number of hydrogen-bond donors (Lipinski definition) is 0. The molecule has 0 amide bonds. The molecule has 0 N–H and O–H groups in total. The van der Waals surface area contributed by atoms with Gasteiger partial charge >= 0.3 is 0 Å². The average molecular weight is 247 g/mol. The zero-order valence-electron chi connectivity index (χ0n) is 7.31. The van der Waals surface area contributed by atoms with Crippen molar-refractivity contribution in [3.8, 4) is 6.07 Å². The minimum Gasteiger partial charge on any atom is -0.193 e. The van der Waals surface area contributed by atoms with Crippen molar-refractivity contribution in [3.05, 3.63) is 39.4 Å². The molecular formula is C10H6Cl3N. The highest BCUT2D eigenvalue weighted by Crippen LogP contribution is 2.34. The van der Waals surface area contributed by atoms with E-state index in [1.807, 2.05) is 6.07 Å². The maximum atomic E-state index is 8.67. The van der Waals surface area contributed by atoms with Crippen molar-refractivity contribution in [3.63, 3.8) is 0 Å². The number of allylic oxidation sites excluding steroid dienone is 1. The van der Waals surface area contributed by atoms with E-state index in [2.05, 4.69) is 0 Å². The van der Waals surface area contributed by atoms with Gasteiger partial charge in [0.1, 0.15) is 0 Å². The summed E-state index contributed by atoms with van der Waals surface area (Å²) in [5.41, 5.74) is 0.901. The van der Waals surface area contributed by atoms with E-state index in [1.54, 1.807) is 25.1 Å². The molecule has 14 heavy (non-hydrogen) atoms. The minimum absolute atomic E-state index is 0.295. The summed E-state index contributed by atoms with van der Waals surface area (Å²) in [7, 11) is 0. The number of nitriles is 1. The fourth-order valence-electron chi connectivity index (χ4n) is 0.944. The molecule has 0 aliphatic rings. The van der Waals surface area contributed by atoms with Crippen LogP contribution in [0.4, 0.5) is 0 Å². The molecule has 0 aliphatic carbocycles. The van der Waals surface area contributed by atoms with Crippen LogP contribution in [0.25, 0.3) is 5.03 Å². The molecule has 0 fully saturated rings. The van der Waals surface area contributed by atoms with Gasteiger partial charge in [0.15, 0.2) is 0 Å². The van der Waals surface area contributed by atoms with Gasteiger partial charge in [0.25, 0.3) is 0 Å². The molecular weight excluding hydrogens is 240 g/mol. The van der Waals surface area contributed by atoms with Crippen molar-refractivity contribution in [2.45, 2.75) is 6.92 Å². The zero-order chi connectivity index (χ0) is 10.7. The number of hydrogen-bond acceptors (Lipinski definition) is 1. The molecule has 1 rings (SSSR count). The molecule has 1 aromatic rings. The van der Waals surface area contributed by atoms with E-state index in [-0.39, 0.29) is 0 Å². The first-order valence-electron chi connectivity index (χ1n) is 3.78. The summed E-state index contributed by atoms with van der Waals surface area (Å²) in [6.45, 7) is 1.61. The van der Waals surface area contributed by atoms with E-state index in [9.17, 15) is 0 Å². The van der Waals surface area contributed by atoms with Crippen molar-refractivity contribution in [1.82, 2.24) is 0 Å². The fraction of sp³-hybridized carbons (Fsp3) is 0.100. The Balaban J connectivity index is 3.42. The molecule has 0 bridgehead atoms. The second kappa shape index (κ2) is 4.70. The predicted molar refractivity (Wildman–Crippen MR) is 60.5 cm³/mol. The second-order valence-electron chi connectivity index (χ2n) is 2.65. The maximum Gasteiger partial charge on any atom is 0.0959 e. The summed E-state index contributed by atoms with van der Waals surface area (Å²) in [6.07, 6.45) is 0. The van der Waals surface area contributed by atoms with Gasteiger partial charge in [-0.15, -0.1) is 0 Å². The maximum absolute atomic E-state index is 8.67. The van der Waals surface area contributed by atoms with Gasteiger partial charge in [0.2, 0.25) is 0 Å². The standard InChI is InChI=1S/C10H6Cl3N/c1-6(5-14)10(13)9-7(11)3-2-4-8(9)12/h2-4H,1H3. The van der Waals surface area contributed by atoms with Gasteiger partial charge in [-0.1, -0.05) is 40.9 Å². The predicted octanol–water partition coefficient (Wildman–Crippen LogP) is 4.49. The molecule has 1 nitrogen and oxygen atoms in total. The number of rotatable bonds is 1. The summed E-state index contributed by atoms with van der Waals surface area (Å²) in [5, 5.41) is 9.85. The van der Waals surface area contributed by atoms with Crippen LogP contribution >= 0.6 is 34.8 Å². The molecule has 1 aromatic carbocycles. The smallest absolute Gasteiger partial charge is 0.0959 e. The van der Waals surface area contributed by atoms with Gasteiger partial charge in [-0.25, -0.2) is 0 Å². The number of nitrogens with zero attached hydrogens (tertiary/aromatic N) is 1. The summed E-state index contributed by atoms with van der Waals surface area (Å²) < 4.78 is 0. The van der Waals surface area contributed by atoms with Crippen LogP contribution in [0.1, 0.15) is 12.5 Å². The van der Waals surface area contributed by atoms with Crippen LogP contribution in [0.3, 0.4) is 0 Å². The minimum atomic E-state index is 0.295. The summed E-state index contributed by atoms with van der Waals surface area (Å²) in [5.74, 6) is 0. The third-order valence-corrected chi connectivity index (χ3v) is 2.78. The molecule has 0 saturated heterocycles. The molecule has 0 unspecified atom stereocenters. The molecule has 0 aliphatic heterocycles. The van der Waals surface area contributed by atoms with Crippen LogP contribution < -0.4 is 0 Å². The zero-order valence-corrected chi connectivity index (χ0v) is 9.58. The molecule has 0 spiro atoms. The van der Waals surface area contributed by atoms with Crippen LogP contribution in [0.15, 0.2) is 23.8 Å². The highest BCUT2D eigenvalue weighted by atomic mass is 35.5. The quantitative estimate of drug-likeness (QED) is 0.670. The van der Waals surface area contributed by atoms with Crippen molar-refractivity contribution < 1.29 is 0 Å². The lowest BCUT2D eigenvalue weighted by Gasteiger charge is -2.05. The lowest BCUT2D eigenvalue weighted by atomic mass is 10.1. The van der Waals surface area contributed by atoms with Gasteiger partial charge in [-0.2, -0.15) is 5.26 Å². The highest BCUT2D eigenvalue weighted by Gasteiger charge is 2.11. The monoisotopic (exact) mass is 245 g/mol. The molecule has 0 atom stereocenters. The Morgan fingerprint density at radius 2 is 1.79 bits per heavy atom. The van der Waals surface area contributed by atoms with Gasteiger partial charge < -0.3 is 0 Å². The third-order valence-electron chi connectivity index (χ3n) is 1.68. The van der Waals surface area contributed by atoms with Crippen LogP contribution in [0, 0.1) is 11.3 Å². The van der Waals surface area contributed by atoms with E-state index in [0.29, 0.717) is 26.2 Å². The lowest BCUT2D eigenvalue weighted by Crippen LogP contribution is -1.84. The van der Waals surface area contributed by atoms with Crippen molar-refractivity contribution in [2.75, 3.05) is 0 Å². The van der Waals surface area contributed by atoms with Crippen molar-refractivity contribution in [1.29, 1.82) is 5.26 Å². The molecule has 0 heterocycles. The molecule has 0 radical (unpaired) electrons. The SMILES string of the molecule is CC(C#N)=C(Cl)c1c(Cl)cccc1Cl. The van der Waals surface area contributed by atoms with E-state index < -0.39 is 0 Å². The second-order valence-corrected chi connectivity index (χ2v) is 3.84. The lowest BCUT2D eigenvalue weighted by molar-refractivity contribution is 1.45. The van der Waals surface area contributed by atoms with Crippen LogP contribution in [0.5, 0.6) is 0 Å². The molecule has 0 aromatic heterocycles. The Bertz CT molecular complexity index is 409. The average Bonchev–Trinajstić information content (AvgIpc) is 2.16. The summed E-state index contributed by atoms with van der Waals surface area (Å²) >= 11 is 17.8.